The molecule has 0 heterocycles. The van der Waals surface area contributed by atoms with Crippen LogP contribution in [0.1, 0.15) is 22.7 Å². The molecule has 2 aromatic rings. The summed E-state index contributed by atoms with van der Waals surface area (Å²) in [5, 5.41) is 10.6. The smallest absolute Gasteiger partial charge is 0.269 e. The van der Waals surface area contributed by atoms with E-state index in [1.807, 2.05) is 13.0 Å². The third-order valence-corrected chi connectivity index (χ3v) is 3.16. The van der Waals surface area contributed by atoms with Crippen molar-refractivity contribution >= 4 is 5.69 Å². The second-order valence-electron chi connectivity index (χ2n) is 4.76. The lowest BCUT2D eigenvalue weighted by molar-refractivity contribution is -0.384. The largest absolute Gasteiger partial charge is 0.324 e. The molecule has 1 atom stereocenters. The summed E-state index contributed by atoms with van der Waals surface area (Å²) in [6.45, 7) is 1.81. The van der Waals surface area contributed by atoms with Gasteiger partial charge in [-0.3, -0.25) is 10.1 Å². The Hall–Kier alpha value is -2.27. The van der Waals surface area contributed by atoms with Gasteiger partial charge in [0.1, 0.15) is 5.82 Å². The van der Waals surface area contributed by atoms with Crippen LogP contribution >= 0.6 is 0 Å². The number of hydrogen-bond acceptors (Lipinski definition) is 3. The second kappa shape index (κ2) is 5.79. The lowest BCUT2D eigenvalue weighted by Crippen LogP contribution is -2.15. The molecule has 0 aromatic heterocycles. The molecule has 5 heteroatoms. The standard InChI is InChI=1S/C15H15FN2O2/c1-10-2-7-13(14(16)8-10)15(17)9-11-3-5-12(6-4-11)18(19)20/h2-8,15H,9,17H2,1H3. The van der Waals surface area contributed by atoms with Crippen molar-refractivity contribution < 1.29 is 9.31 Å². The van der Waals surface area contributed by atoms with Gasteiger partial charge in [-0.15, -0.1) is 0 Å². The highest BCUT2D eigenvalue weighted by Gasteiger charge is 2.13. The normalized spacial score (nSPS) is 12.2. The summed E-state index contributed by atoms with van der Waals surface area (Å²) >= 11 is 0. The number of nitrogens with zero attached hydrogens (tertiary/aromatic N) is 1. The molecule has 0 aliphatic carbocycles. The molecule has 0 saturated carbocycles. The fraction of sp³-hybridized carbons (Fsp3) is 0.200. The number of halogens is 1. The number of aryl methyl sites for hydroxylation is 1. The summed E-state index contributed by atoms with van der Waals surface area (Å²) in [5.74, 6) is -0.320. The average Bonchev–Trinajstić information content (AvgIpc) is 2.39. The topological polar surface area (TPSA) is 69.2 Å². The molecular formula is C15H15FN2O2. The molecule has 4 nitrogen and oxygen atoms in total. The molecule has 0 aliphatic heterocycles. The molecule has 2 N–H and O–H groups in total. The molecule has 104 valence electrons. The summed E-state index contributed by atoms with van der Waals surface area (Å²) in [6, 6.07) is 10.6. The molecule has 2 aromatic carbocycles. The first kappa shape index (κ1) is 14.1. The van der Waals surface area contributed by atoms with E-state index in [0.29, 0.717) is 12.0 Å². The predicted octanol–water partition coefficient (Wildman–Crippen LogP) is 3.28. The van der Waals surface area contributed by atoms with E-state index in [4.69, 9.17) is 5.73 Å². The summed E-state index contributed by atoms with van der Waals surface area (Å²) in [7, 11) is 0. The Bertz CT molecular complexity index is 626. The number of rotatable bonds is 4. The molecular weight excluding hydrogens is 259 g/mol. The monoisotopic (exact) mass is 274 g/mol. The first-order valence-corrected chi connectivity index (χ1v) is 6.22. The fourth-order valence-electron chi connectivity index (χ4n) is 2.05. The Kier molecular flexibility index (Phi) is 4.10. The van der Waals surface area contributed by atoms with E-state index in [-0.39, 0.29) is 11.5 Å². The first-order valence-electron chi connectivity index (χ1n) is 6.22. The van der Waals surface area contributed by atoms with Gasteiger partial charge in [0, 0.05) is 23.7 Å². The van der Waals surface area contributed by atoms with Crippen molar-refractivity contribution in [3.05, 3.63) is 75.1 Å². The van der Waals surface area contributed by atoms with Crippen LogP contribution in [0.15, 0.2) is 42.5 Å². The van der Waals surface area contributed by atoms with E-state index in [2.05, 4.69) is 0 Å². The molecule has 20 heavy (non-hydrogen) atoms. The summed E-state index contributed by atoms with van der Waals surface area (Å²) in [6.07, 6.45) is 0.429. The van der Waals surface area contributed by atoms with Crippen molar-refractivity contribution in [1.82, 2.24) is 0 Å². The van der Waals surface area contributed by atoms with Gasteiger partial charge in [0.2, 0.25) is 0 Å². The zero-order chi connectivity index (χ0) is 14.7. The SMILES string of the molecule is Cc1ccc(C(N)Cc2ccc([N+](=O)[O-])cc2)c(F)c1. The maximum Gasteiger partial charge on any atom is 0.269 e. The zero-order valence-electron chi connectivity index (χ0n) is 11.0. The van der Waals surface area contributed by atoms with Gasteiger partial charge in [-0.2, -0.15) is 0 Å². The van der Waals surface area contributed by atoms with Gasteiger partial charge in [0.05, 0.1) is 4.92 Å². The van der Waals surface area contributed by atoms with Crippen LogP contribution in [-0.2, 0) is 6.42 Å². The van der Waals surface area contributed by atoms with Gasteiger partial charge >= 0.3 is 0 Å². The second-order valence-corrected chi connectivity index (χ2v) is 4.76. The number of nitro benzene ring substituents is 1. The molecule has 0 radical (unpaired) electrons. The Morgan fingerprint density at radius 2 is 1.90 bits per heavy atom. The number of nitro groups is 1. The number of non-ortho nitro benzene ring substituents is 1. The van der Waals surface area contributed by atoms with Crippen LogP contribution in [0.3, 0.4) is 0 Å². The third-order valence-electron chi connectivity index (χ3n) is 3.16. The van der Waals surface area contributed by atoms with Gasteiger partial charge in [0.15, 0.2) is 0 Å². The van der Waals surface area contributed by atoms with Crippen molar-refractivity contribution in [1.29, 1.82) is 0 Å². The van der Waals surface area contributed by atoms with E-state index in [1.165, 1.54) is 18.2 Å². The van der Waals surface area contributed by atoms with Crippen LogP contribution in [0, 0.1) is 22.9 Å². The van der Waals surface area contributed by atoms with Crippen LogP contribution in [-0.4, -0.2) is 4.92 Å². The zero-order valence-corrected chi connectivity index (χ0v) is 11.0. The maximum absolute atomic E-state index is 13.8. The highest BCUT2D eigenvalue weighted by Crippen LogP contribution is 2.21. The van der Waals surface area contributed by atoms with Gasteiger partial charge in [-0.25, -0.2) is 4.39 Å². The minimum atomic E-state index is -0.475. The molecule has 0 aliphatic rings. The van der Waals surface area contributed by atoms with Gasteiger partial charge in [-0.05, 0) is 30.5 Å². The quantitative estimate of drug-likeness (QED) is 0.687. The molecule has 0 spiro atoms. The van der Waals surface area contributed by atoms with Gasteiger partial charge in [0.25, 0.3) is 5.69 Å². The summed E-state index contributed by atoms with van der Waals surface area (Å²) in [4.78, 5) is 10.1. The predicted molar refractivity (Wildman–Crippen MR) is 74.9 cm³/mol. The molecule has 0 saturated heterocycles. The van der Waals surface area contributed by atoms with Crippen LogP contribution in [0.4, 0.5) is 10.1 Å². The number of hydrogen-bond donors (Lipinski definition) is 1. The lowest BCUT2D eigenvalue weighted by Gasteiger charge is -2.13. The highest BCUT2D eigenvalue weighted by atomic mass is 19.1. The number of benzene rings is 2. The van der Waals surface area contributed by atoms with E-state index in [0.717, 1.165) is 11.1 Å². The molecule has 2 rings (SSSR count). The van der Waals surface area contributed by atoms with E-state index < -0.39 is 11.0 Å². The average molecular weight is 274 g/mol. The highest BCUT2D eigenvalue weighted by molar-refractivity contribution is 5.34. The van der Waals surface area contributed by atoms with E-state index >= 15 is 0 Å². The lowest BCUT2D eigenvalue weighted by atomic mass is 9.98. The van der Waals surface area contributed by atoms with Crippen molar-refractivity contribution in [3.8, 4) is 0 Å². The van der Waals surface area contributed by atoms with Gasteiger partial charge in [-0.1, -0.05) is 24.3 Å². The van der Waals surface area contributed by atoms with Gasteiger partial charge < -0.3 is 5.73 Å². The summed E-state index contributed by atoms with van der Waals surface area (Å²) in [5.41, 5.74) is 8.16. The third kappa shape index (κ3) is 3.19. The molecule has 0 fully saturated rings. The van der Waals surface area contributed by atoms with Crippen molar-refractivity contribution in [2.24, 2.45) is 5.73 Å². The van der Waals surface area contributed by atoms with E-state index in [9.17, 15) is 14.5 Å². The first-order chi connectivity index (χ1) is 9.47. The van der Waals surface area contributed by atoms with Crippen LogP contribution in [0.25, 0.3) is 0 Å². The Morgan fingerprint density at radius 1 is 1.25 bits per heavy atom. The summed E-state index contributed by atoms with van der Waals surface area (Å²) < 4.78 is 13.8. The van der Waals surface area contributed by atoms with Crippen molar-refractivity contribution in [3.63, 3.8) is 0 Å². The van der Waals surface area contributed by atoms with E-state index in [1.54, 1.807) is 18.2 Å². The number of nitrogens with two attached hydrogens (primary N) is 1. The van der Waals surface area contributed by atoms with Crippen molar-refractivity contribution in [2.75, 3.05) is 0 Å². The maximum atomic E-state index is 13.8. The molecule has 0 amide bonds. The Labute approximate surface area is 116 Å². The van der Waals surface area contributed by atoms with Crippen molar-refractivity contribution in [2.45, 2.75) is 19.4 Å². The Balaban J connectivity index is 2.14. The van der Waals surface area contributed by atoms with Crippen LogP contribution < -0.4 is 5.73 Å². The van der Waals surface area contributed by atoms with Crippen LogP contribution in [0.2, 0.25) is 0 Å². The molecule has 1 unspecified atom stereocenters. The fourth-order valence-corrected chi connectivity index (χ4v) is 2.05. The molecule has 0 bridgehead atoms. The minimum absolute atomic E-state index is 0.0313. The Morgan fingerprint density at radius 3 is 2.45 bits per heavy atom. The minimum Gasteiger partial charge on any atom is -0.324 e. The van der Waals surface area contributed by atoms with Crippen LogP contribution in [0.5, 0.6) is 0 Å².